The third kappa shape index (κ3) is 4.17. The van der Waals surface area contributed by atoms with Crippen LogP contribution in [0.5, 0.6) is 0 Å². The third-order valence-corrected chi connectivity index (χ3v) is 3.39. The topological polar surface area (TPSA) is 117 Å². The van der Waals surface area contributed by atoms with Crippen molar-refractivity contribution in [3.63, 3.8) is 0 Å². The second kappa shape index (κ2) is 5.02. The number of sulfonamides is 2. The van der Waals surface area contributed by atoms with Gasteiger partial charge < -0.3 is 0 Å². The number of hydrogen-bond donors (Lipinski definition) is 2. The molecule has 2 aliphatic rings. The van der Waals surface area contributed by atoms with E-state index in [1.165, 1.54) is 0 Å². The maximum Gasteiger partial charge on any atom is 0.244 e. The van der Waals surface area contributed by atoms with Crippen molar-refractivity contribution in [2.24, 2.45) is 10.2 Å². The number of nitrogens with zero attached hydrogens (tertiary/aromatic N) is 2. The lowest BCUT2D eigenvalue weighted by molar-refractivity contribution is 0.589. The van der Waals surface area contributed by atoms with Crippen LogP contribution in [-0.4, -0.2) is 40.8 Å². The summed E-state index contributed by atoms with van der Waals surface area (Å²) in [5.74, 6) is 0. The van der Waals surface area contributed by atoms with E-state index in [4.69, 9.17) is 0 Å². The Morgan fingerprint density at radius 1 is 0.850 bits per heavy atom. The highest BCUT2D eigenvalue weighted by molar-refractivity contribution is 7.88. The van der Waals surface area contributed by atoms with Crippen LogP contribution in [0.3, 0.4) is 0 Å². The Bertz CT molecular complexity index is 691. The van der Waals surface area contributed by atoms with Gasteiger partial charge in [0.1, 0.15) is 0 Å². The Morgan fingerprint density at radius 2 is 1.20 bits per heavy atom. The molecule has 0 amide bonds. The van der Waals surface area contributed by atoms with Crippen LogP contribution in [-0.2, 0) is 20.0 Å². The maximum atomic E-state index is 10.9. The molecule has 0 atom stereocenters. The first kappa shape index (κ1) is 14.7. The number of allylic oxidation sites excluding steroid dienone is 4. The lowest BCUT2D eigenvalue weighted by Crippen LogP contribution is -2.17. The van der Waals surface area contributed by atoms with Gasteiger partial charge in [0.05, 0.1) is 23.9 Å². The van der Waals surface area contributed by atoms with Gasteiger partial charge in [-0.25, -0.2) is 26.5 Å². The molecule has 20 heavy (non-hydrogen) atoms. The highest BCUT2D eigenvalue weighted by atomic mass is 32.2. The zero-order valence-corrected chi connectivity index (χ0v) is 12.5. The van der Waals surface area contributed by atoms with Crippen LogP contribution in [0.4, 0.5) is 0 Å². The molecule has 2 rings (SSSR count). The van der Waals surface area contributed by atoms with Crippen molar-refractivity contribution in [3.8, 4) is 0 Å². The van der Waals surface area contributed by atoms with Gasteiger partial charge in [-0.3, -0.25) is 0 Å². The Kier molecular flexibility index (Phi) is 3.69. The van der Waals surface area contributed by atoms with Gasteiger partial charge in [0, 0.05) is 12.8 Å². The molecule has 110 valence electrons. The fourth-order valence-electron chi connectivity index (χ4n) is 1.84. The van der Waals surface area contributed by atoms with Crippen LogP contribution in [0.25, 0.3) is 0 Å². The third-order valence-electron chi connectivity index (χ3n) is 2.55. The molecule has 0 unspecified atom stereocenters. The van der Waals surface area contributed by atoms with Crippen LogP contribution < -0.4 is 9.66 Å². The first-order chi connectivity index (χ1) is 9.12. The zero-order valence-electron chi connectivity index (χ0n) is 10.9. The smallest absolute Gasteiger partial charge is 0.206 e. The molecule has 0 aliphatic heterocycles. The molecule has 2 aliphatic carbocycles. The largest absolute Gasteiger partial charge is 0.244 e. The molecular formula is C10H14N4O4S2. The van der Waals surface area contributed by atoms with E-state index >= 15 is 0 Å². The van der Waals surface area contributed by atoms with Gasteiger partial charge in [-0.2, -0.15) is 10.2 Å². The van der Waals surface area contributed by atoms with Crippen molar-refractivity contribution < 1.29 is 16.8 Å². The summed E-state index contributed by atoms with van der Waals surface area (Å²) in [5, 5.41) is 7.59. The second-order valence-corrected chi connectivity index (χ2v) is 8.08. The average Bonchev–Trinajstić information content (AvgIpc) is 2.78. The molecule has 10 heteroatoms. The highest BCUT2D eigenvalue weighted by Crippen LogP contribution is 2.31. The molecule has 0 spiro atoms. The first-order valence-corrected chi connectivity index (χ1v) is 9.39. The molecule has 0 bridgehead atoms. The van der Waals surface area contributed by atoms with E-state index < -0.39 is 20.0 Å². The monoisotopic (exact) mass is 318 g/mol. The number of rotatable bonds is 4. The molecule has 0 heterocycles. The lowest BCUT2D eigenvalue weighted by atomic mass is 10.2. The van der Waals surface area contributed by atoms with Gasteiger partial charge >= 0.3 is 0 Å². The highest BCUT2D eigenvalue weighted by Gasteiger charge is 2.24. The Labute approximate surface area is 117 Å². The van der Waals surface area contributed by atoms with Crippen molar-refractivity contribution in [2.75, 3.05) is 12.5 Å². The molecule has 0 aromatic heterocycles. The Hall–Kier alpha value is -1.68. The van der Waals surface area contributed by atoms with Crippen LogP contribution in [0.1, 0.15) is 12.8 Å². The summed E-state index contributed by atoms with van der Waals surface area (Å²) >= 11 is 0. The zero-order chi connectivity index (χ0) is 15.0. The van der Waals surface area contributed by atoms with E-state index in [0.717, 1.165) is 23.7 Å². The summed E-state index contributed by atoms with van der Waals surface area (Å²) < 4.78 is 43.7. The quantitative estimate of drug-likeness (QED) is 0.677. The van der Waals surface area contributed by atoms with Gasteiger partial charge in [0.15, 0.2) is 0 Å². The van der Waals surface area contributed by atoms with E-state index in [9.17, 15) is 16.8 Å². The number of hydrazone groups is 2. The molecule has 8 nitrogen and oxygen atoms in total. The van der Waals surface area contributed by atoms with Crippen LogP contribution in [0.15, 0.2) is 33.5 Å². The summed E-state index contributed by atoms with van der Waals surface area (Å²) in [7, 11) is -6.72. The standard InChI is InChI=1S/C10H14N4O4S2/c1-19(15,16)13-11-9-3-7-5-10(6-8(7)4-9)12-14-20(2,17)18/h3,6,13-14H,4-5H2,1-2H3/b11-9-,12-10+. The molecule has 0 saturated carbocycles. The SMILES string of the molecule is CS(=O)(=O)N/N=C1/C=C2C/C(=N\NS(C)(=O)=O)C=C2C1. The minimum Gasteiger partial charge on any atom is -0.206 e. The Balaban J connectivity index is 2.06. The summed E-state index contributed by atoms with van der Waals surface area (Å²) in [5.41, 5.74) is 3.17. The van der Waals surface area contributed by atoms with E-state index in [0.29, 0.717) is 24.3 Å². The number of nitrogens with one attached hydrogen (secondary N) is 2. The fourth-order valence-corrected chi connectivity index (χ4v) is 2.40. The van der Waals surface area contributed by atoms with Crippen LogP contribution in [0.2, 0.25) is 0 Å². The predicted octanol–water partition coefficient (Wildman–Crippen LogP) is -0.543. The summed E-state index contributed by atoms with van der Waals surface area (Å²) in [6, 6.07) is 0. The predicted molar refractivity (Wildman–Crippen MR) is 76.2 cm³/mol. The van der Waals surface area contributed by atoms with Gasteiger partial charge in [0.25, 0.3) is 0 Å². The van der Waals surface area contributed by atoms with Crippen molar-refractivity contribution >= 4 is 31.5 Å². The maximum absolute atomic E-state index is 10.9. The Morgan fingerprint density at radius 3 is 1.50 bits per heavy atom. The van der Waals surface area contributed by atoms with Crippen molar-refractivity contribution in [2.45, 2.75) is 12.8 Å². The molecule has 0 aromatic carbocycles. The molecular weight excluding hydrogens is 304 g/mol. The van der Waals surface area contributed by atoms with Crippen LogP contribution >= 0.6 is 0 Å². The van der Waals surface area contributed by atoms with Crippen LogP contribution in [0, 0.1) is 0 Å². The van der Waals surface area contributed by atoms with Gasteiger partial charge in [-0.15, -0.1) is 0 Å². The van der Waals surface area contributed by atoms with Crippen molar-refractivity contribution in [3.05, 3.63) is 23.3 Å². The first-order valence-electron chi connectivity index (χ1n) is 5.60. The van der Waals surface area contributed by atoms with Gasteiger partial charge in [-0.1, -0.05) is 0 Å². The molecule has 0 aromatic rings. The lowest BCUT2D eigenvalue weighted by Gasteiger charge is -1.98. The summed E-state index contributed by atoms with van der Waals surface area (Å²) in [6.07, 6.45) is 6.59. The molecule has 2 N–H and O–H groups in total. The van der Waals surface area contributed by atoms with E-state index in [1.54, 1.807) is 12.2 Å². The minimum absolute atomic E-state index is 0.496. The number of fused-ring (bicyclic) bond motifs is 1. The summed E-state index contributed by atoms with van der Waals surface area (Å²) in [4.78, 5) is 4.15. The van der Waals surface area contributed by atoms with Gasteiger partial charge in [0.2, 0.25) is 20.0 Å². The van der Waals surface area contributed by atoms with E-state index in [1.807, 2.05) is 0 Å². The van der Waals surface area contributed by atoms with Crippen molar-refractivity contribution in [1.29, 1.82) is 0 Å². The number of hydrogen-bond acceptors (Lipinski definition) is 6. The van der Waals surface area contributed by atoms with Crippen molar-refractivity contribution in [1.82, 2.24) is 9.66 Å². The second-order valence-electron chi connectivity index (χ2n) is 4.63. The minimum atomic E-state index is -3.36. The average molecular weight is 318 g/mol. The van der Waals surface area contributed by atoms with E-state index in [2.05, 4.69) is 19.9 Å². The molecule has 0 fully saturated rings. The fraction of sp³-hybridized carbons (Fsp3) is 0.400. The molecule has 0 radical (unpaired) electrons. The molecule has 0 saturated heterocycles. The summed E-state index contributed by atoms with van der Waals surface area (Å²) in [6.45, 7) is 0. The van der Waals surface area contributed by atoms with E-state index in [-0.39, 0.29) is 0 Å². The van der Waals surface area contributed by atoms with Gasteiger partial charge in [-0.05, 0) is 23.3 Å². The normalized spacial score (nSPS) is 22.7.